The fourth-order valence-corrected chi connectivity index (χ4v) is 2.08. The normalized spacial score (nSPS) is 10.7. The average molecular weight is 234 g/mol. The number of alkyl halides is 2. The molecule has 1 aromatic heterocycles. The molecule has 0 radical (unpaired) electrons. The largest absolute Gasteiger partial charge is 0.345 e. The van der Waals surface area contributed by atoms with Crippen LogP contribution in [0.3, 0.4) is 0 Å². The van der Waals surface area contributed by atoms with Gasteiger partial charge in [-0.2, -0.15) is 0 Å². The van der Waals surface area contributed by atoms with Crippen LogP contribution in [-0.2, 0) is 6.42 Å². The Balaban J connectivity index is 2.85. The Bertz CT molecular complexity index is 341. The first-order valence-electron chi connectivity index (χ1n) is 4.52. The average Bonchev–Trinajstić information content (AvgIpc) is 2.59. The summed E-state index contributed by atoms with van der Waals surface area (Å²) >= 11 is 1.15. The molecule has 0 amide bonds. The quantitative estimate of drug-likeness (QED) is 0.732. The number of hydrogen-bond acceptors (Lipinski definition) is 4. The number of hydrogen-bond donors (Lipinski definition) is 0. The van der Waals surface area contributed by atoms with E-state index in [1.807, 2.05) is 6.92 Å². The van der Waals surface area contributed by atoms with Crippen LogP contribution in [0.25, 0.3) is 0 Å². The van der Waals surface area contributed by atoms with Crippen molar-refractivity contribution in [2.24, 2.45) is 0 Å². The van der Waals surface area contributed by atoms with Gasteiger partial charge in [0.15, 0.2) is 11.4 Å². The Labute approximate surface area is 90.7 Å². The number of nitrogens with zero attached hydrogens (tertiary/aromatic N) is 2. The van der Waals surface area contributed by atoms with Crippen molar-refractivity contribution in [2.45, 2.75) is 19.8 Å². The van der Waals surface area contributed by atoms with Crippen LogP contribution in [0.15, 0.2) is 0 Å². The Morgan fingerprint density at radius 1 is 1.60 bits per heavy atom. The fraction of sp³-hybridized carbons (Fsp3) is 0.556. The van der Waals surface area contributed by atoms with Crippen LogP contribution in [0.2, 0.25) is 0 Å². The van der Waals surface area contributed by atoms with E-state index in [0.29, 0.717) is 22.1 Å². The molecule has 0 fully saturated rings. The number of aldehydes is 1. The molecule has 0 unspecified atom stereocenters. The molecular weight excluding hydrogens is 222 g/mol. The smallest absolute Gasteiger partial charge is 0.255 e. The molecule has 15 heavy (non-hydrogen) atoms. The van der Waals surface area contributed by atoms with Crippen molar-refractivity contribution in [1.29, 1.82) is 0 Å². The van der Waals surface area contributed by atoms with Crippen LogP contribution in [0.4, 0.5) is 13.9 Å². The SMILES string of the molecule is CCc1nc(N(C)CC(F)F)sc1C=O. The zero-order valence-corrected chi connectivity index (χ0v) is 9.35. The zero-order chi connectivity index (χ0) is 11.4. The minimum absolute atomic E-state index is 0.366. The lowest BCUT2D eigenvalue weighted by Crippen LogP contribution is -2.23. The van der Waals surface area contributed by atoms with Gasteiger partial charge in [-0.1, -0.05) is 18.3 Å². The van der Waals surface area contributed by atoms with E-state index in [1.54, 1.807) is 7.05 Å². The van der Waals surface area contributed by atoms with Gasteiger partial charge in [0.25, 0.3) is 6.43 Å². The standard InChI is InChI=1S/C9H12F2N2OS/c1-3-6-7(5-14)15-9(12-6)13(2)4-8(10)11/h5,8H,3-4H2,1-2H3. The van der Waals surface area contributed by atoms with Gasteiger partial charge in [0, 0.05) is 7.05 Å². The molecule has 0 aliphatic carbocycles. The maximum atomic E-state index is 12.1. The fourth-order valence-electron chi connectivity index (χ4n) is 1.14. The van der Waals surface area contributed by atoms with Crippen molar-refractivity contribution in [1.82, 2.24) is 4.98 Å². The number of aromatic nitrogens is 1. The molecule has 1 heterocycles. The molecule has 0 bridgehead atoms. The molecule has 0 spiro atoms. The maximum Gasteiger partial charge on any atom is 0.255 e. The summed E-state index contributed by atoms with van der Waals surface area (Å²) in [7, 11) is 1.54. The van der Waals surface area contributed by atoms with E-state index in [9.17, 15) is 13.6 Å². The van der Waals surface area contributed by atoms with E-state index in [0.717, 1.165) is 17.6 Å². The molecular formula is C9H12F2N2OS. The lowest BCUT2D eigenvalue weighted by molar-refractivity contribution is 0.112. The summed E-state index contributed by atoms with van der Waals surface area (Å²) in [6.07, 6.45) is -1.05. The summed E-state index contributed by atoms with van der Waals surface area (Å²) in [5.74, 6) is 0. The lowest BCUT2D eigenvalue weighted by Gasteiger charge is -2.14. The first-order valence-corrected chi connectivity index (χ1v) is 5.34. The predicted molar refractivity (Wildman–Crippen MR) is 56.2 cm³/mol. The highest BCUT2D eigenvalue weighted by molar-refractivity contribution is 7.17. The van der Waals surface area contributed by atoms with Gasteiger partial charge in [-0.3, -0.25) is 4.79 Å². The van der Waals surface area contributed by atoms with Gasteiger partial charge in [-0.25, -0.2) is 13.8 Å². The van der Waals surface area contributed by atoms with Crippen LogP contribution in [-0.4, -0.2) is 31.3 Å². The molecule has 0 saturated carbocycles. The first-order chi connectivity index (χ1) is 7.08. The molecule has 0 saturated heterocycles. The Morgan fingerprint density at radius 3 is 2.67 bits per heavy atom. The number of aryl methyl sites for hydroxylation is 1. The van der Waals surface area contributed by atoms with Gasteiger partial charge in [0.05, 0.1) is 17.1 Å². The third kappa shape index (κ3) is 2.95. The molecule has 1 aromatic rings. The molecule has 84 valence electrons. The third-order valence-electron chi connectivity index (χ3n) is 1.90. The van der Waals surface area contributed by atoms with Crippen LogP contribution < -0.4 is 4.90 Å². The van der Waals surface area contributed by atoms with Crippen molar-refractivity contribution in [2.75, 3.05) is 18.5 Å². The molecule has 0 aliphatic heterocycles. The highest BCUT2D eigenvalue weighted by Gasteiger charge is 2.15. The molecule has 0 aliphatic rings. The first kappa shape index (κ1) is 12.0. The number of anilines is 1. The molecule has 0 N–H and O–H groups in total. The topological polar surface area (TPSA) is 33.2 Å². The summed E-state index contributed by atoms with van der Waals surface area (Å²) in [6.45, 7) is 1.51. The van der Waals surface area contributed by atoms with Gasteiger partial charge < -0.3 is 4.90 Å². The molecule has 6 heteroatoms. The summed E-state index contributed by atoms with van der Waals surface area (Å²) in [5.41, 5.74) is 0.672. The number of thiazole rings is 1. The second kappa shape index (κ2) is 5.16. The summed E-state index contributed by atoms with van der Waals surface area (Å²) in [4.78, 5) is 16.7. The Kier molecular flexibility index (Phi) is 4.14. The second-order valence-corrected chi connectivity index (χ2v) is 4.06. The van der Waals surface area contributed by atoms with Crippen molar-refractivity contribution in [3.63, 3.8) is 0 Å². The number of carbonyl (C=O) groups is 1. The van der Waals surface area contributed by atoms with E-state index < -0.39 is 6.43 Å². The molecule has 3 nitrogen and oxygen atoms in total. The van der Waals surface area contributed by atoms with E-state index in [2.05, 4.69) is 4.98 Å². The maximum absolute atomic E-state index is 12.1. The molecule has 0 aromatic carbocycles. The van der Waals surface area contributed by atoms with E-state index in [1.165, 1.54) is 4.90 Å². The Hall–Kier alpha value is -1.04. The van der Waals surface area contributed by atoms with Crippen molar-refractivity contribution < 1.29 is 13.6 Å². The van der Waals surface area contributed by atoms with Gasteiger partial charge in [-0.05, 0) is 6.42 Å². The highest BCUT2D eigenvalue weighted by Crippen LogP contribution is 2.24. The van der Waals surface area contributed by atoms with E-state index in [4.69, 9.17) is 0 Å². The van der Waals surface area contributed by atoms with Crippen molar-refractivity contribution in [3.05, 3.63) is 10.6 Å². The Morgan fingerprint density at radius 2 is 2.27 bits per heavy atom. The monoisotopic (exact) mass is 234 g/mol. The van der Waals surface area contributed by atoms with Crippen LogP contribution in [0.5, 0.6) is 0 Å². The number of rotatable bonds is 5. The second-order valence-electron chi connectivity index (χ2n) is 3.05. The van der Waals surface area contributed by atoms with Gasteiger partial charge >= 0.3 is 0 Å². The lowest BCUT2D eigenvalue weighted by atomic mass is 10.3. The number of carbonyl (C=O) groups excluding carboxylic acids is 1. The molecule has 1 rings (SSSR count). The van der Waals surface area contributed by atoms with Crippen LogP contribution in [0, 0.1) is 0 Å². The van der Waals surface area contributed by atoms with E-state index in [-0.39, 0.29) is 6.54 Å². The number of halogens is 2. The third-order valence-corrected chi connectivity index (χ3v) is 3.03. The minimum Gasteiger partial charge on any atom is -0.345 e. The van der Waals surface area contributed by atoms with Crippen LogP contribution >= 0.6 is 11.3 Å². The highest BCUT2D eigenvalue weighted by atomic mass is 32.1. The van der Waals surface area contributed by atoms with Crippen molar-refractivity contribution in [3.8, 4) is 0 Å². The van der Waals surface area contributed by atoms with Crippen LogP contribution in [0.1, 0.15) is 22.3 Å². The van der Waals surface area contributed by atoms with Gasteiger partial charge in [-0.15, -0.1) is 0 Å². The molecule has 0 atom stereocenters. The summed E-state index contributed by atoms with van der Waals surface area (Å²) in [5, 5.41) is 0.467. The van der Waals surface area contributed by atoms with Crippen molar-refractivity contribution >= 4 is 22.8 Å². The summed E-state index contributed by atoms with van der Waals surface area (Å²) < 4.78 is 24.2. The minimum atomic E-state index is -2.40. The van der Waals surface area contributed by atoms with Gasteiger partial charge in [0.2, 0.25) is 0 Å². The summed E-state index contributed by atoms with van der Waals surface area (Å²) in [6, 6.07) is 0. The zero-order valence-electron chi connectivity index (χ0n) is 8.54. The van der Waals surface area contributed by atoms with Gasteiger partial charge in [0.1, 0.15) is 0 Å². The predicted octanol–water partition coefficient (Wildman–Crippen LogP) is 2.22. The van der Waals surface area contributed by atoms with E-state index >= 15 is 0 Å².